The number of ether oxygens (including phenoxy) is 1. The number of piperidine rings is 1. The van der Waals surface area contributed by atoms with Gasteiger partial charge in [0, 0.05) is 19.6 Å². The Morgan fingerprint density at radius 1 is 1.15 bits per heavy atom. The largest absolute Gasteiger partial charge is 0.490 e. The van der Waals surface area contributed by atoms with Crippen LogP contribution in [0.25, 0.3) is 0 Å². The van der Waals surface area contributed by atoms with Crippen molar-refractivity contribution in [2.75, 3.05) is 37.7 Å². The van der Waals surface area contributed by atoms with E-state index in [2.05, 4.69) is 9.97 Å². The molecule has 1 spiro atoms. The third-order valence-electron chi connectivity index (χ3n) is 5.43. The van der Waals surface area contributed by atoms with Crippen LogP contribution in [-0.4, -0.2) is 76.4 Å². The lowest BCUT2D eigenvalue weighted by Gasteiger charge is -2.47. The number of aliphatic carboxylic acids is 1. The molecule has 13 heteroatoms. The van der Waals surface area contributed by atoms with Crippen molar-refractivity contribution in [1.82, 2.24) is 14.9 Å². The van der Waals surface area contributed by atoms with E-state index in [0.717, 1.165) is 12.8 Å². The molecular formula is C20H22F4N4O5. The average molecular weight is 474 g/mol. The van der Waals surface area contributed by atoms with E-state index < -0.39 is 18.0 Å². The van der Waals surface area contributed by atoms with Gasteiger partial charge in [-0.2, -0.15) is 13.2 Å². The van der Waals surface area contributed by atoms with Crippen molar-refractivity contribution >= 4 is 17.8 Å². The van der Waals surface area contributed by atoms with E-state index in [1.807, 2.05) is 9.80 Å². The average Bonchev–Trinajstić information content (AvgIpc) is 3.20. The summed E-state index contributed by atoms with van der Waals surface area (Å²) in [5.74, 6) is -2.04. The van der Waals surface area contributed by atoms with Crippen LogP contribution in [0.4, 0.5) is 23.5 Å². The van der Waals surface area contributed by atoms with E-state index in [1.54, 1.807) is 19.3 Å². The first kappa shape index (κ1) is 24.4. The van der Waals surface area contributed by atoms with E-state index in [0.29, 0.717) is 50.1 Å². The fourth-order valence-corrected chi connectivity index (χ4v) is 3.68. The lowest BCUT2D eigenvalue weighted by Crippen LogP contribution is -2.58. The summed E-state index contributed by atoms with van der Waals surface area (Å²) in [5, 5.41) is 7.12. The molecule has 4 rings (SSSR count). The van der Waals surface area contributed by atoms with Gasteiger partial charge in [-0.1, -0.05) is 0 Å². The second kappa shape index (κ2) is 9.73. The number of anilines is 1. The summed E-state index contributed by atoms with van der Waals surface area (Å²) in [6.45, 7) is 4.93. The van der Waals surface area contributed by atoms with Crippen molar-refractivity contribution < 1.29 is 41.4 Å². The Bertz CT molecular complexity index is 972. The maximum Gasteiger partial charge on any atom is 0.490 e. The Kier molecular flexibility index (Phi) is 7.20. The number of hydrogen-bond acceptors (Lipinski definition) is 7. The van der Waals surface area contributed by atoms with E-state index in [-0.39, 0.29) is 11.5 Å². The van der Waals surface area contributed by atoms with Crippen LogP contribution in [0.3, 0.4) is 0 Å². The number of aromatic nitrogens is 2. The van der Waals surface area contributed by atoms with Gasteiger partial charge in [-0.3, -0.25) is 4.79 Å². The minimum Gasteiger partial charge on any atom is -0.475 e. The number of likely N-dealkylation sites (tertiary alicyclic amines) is 1. The first-order chi connectivity index (χ1) is 15.5. The number of carboxylic acids is 1. The topological polar surface area (TPSA) is 109 Å². The molecule has 0 radical (unpaired) electrons. The Labute approximate surface area is 186 Å². The number of carboxylic acid groups (broad SMARTS) is 1. The molecular weight excluding hydrogens is 452 g/mol. The van der Waals surface area contributed by atoms with Gasteiger partial charge in [0.1, 0.15) is 5.76 Å². The molecule has 2 aliphatic rings. The van der Waals surface area contributed by atoms with Gasteiger partial charge in [-0.25, -0.2) is 19.2 Å². The van der Waals surface area contributed by atoms with Gasteiger partial charge < -0.3 is 24.1 Å². The van der Waals surface area contributed by atoms with E-state index in [9.17, 15) is 22.4 Å². The molecule has 1 amide bonds. The third kappa shape index (κ3) is 5.97. The van der Waals surface area contributed by atoms with Gasteiger partial charge in [0.25, 0.3) is 5.91 Å². The zero-order chi connectivity index (χ0) is 24.2. The first-order valence-electron chi connectivity index (χ1n) is 10.0. The van der Waals surface area contributed by atoms with Crippen molar-refractivity contribution in [3.05, 3.63) is 41.9 Å². The normalized spacial score (nSPS) is 18.0. The summed E-state index contributed by atoms with van der Waals surface area (Å²) in [4.78, 5) is 33.6. The Morgan fingerprint density at radius 3 is 2.27 bits per heavy atom. The Morgan fingerprint density at radius 2 is 1.76 bits per heavy atom. The highest BCUT2D eigenvalue weighted by molar-refractivity contribution is 5.95. The molecule has 0 aliphatic carbocycles. The minimum absolute atomic E-state index is 0.000587. The molecule has 0 aromatic carbocycles. The molecule has 9 nitrogen and oxygen atoms in total. The molecule has 2 saturated heterocycles. The molecule has 0 saturated carbocycles. The molecule has 2 aliphatic heterocycles. The van der Waals surface area contributed by atoms with Crippen LogP contribution in [0, 0.1) is 12.7 Å². The number of nitrogens with zero attached hydrogens (tertiary/aromatic N) is 4. The Hall–Kier alpha value is -3.22. The fourth-order valence-electron chi connectivity index (χ4n) is 3.68. The van der Waals surface area contributed by atoms with E-state index in [1.165, 1.54) is 12.4 Å². The lowest BCUT2D eigenvalue weighted by atomic mass is 9.89. The quantitative estimate of drug-likeness (QED) is 0.662. The van der Waals surface area contributed by atoms with Crippen LogP contribution in [0.1, 0.15) is 29.0 Å². The molecule has 2 aromatic rings. The summed E-state index contributed by atoms with van der Waals surface area (Å²) < 4.78 is 56.1. The number of carbonyl (C=O) groups excluding carboxylic acids is 1. The van der Waals surface area contributed by atoms with Crippen LogP contribution in [-0.2, 0) is 9.53 Å². The van der Waals surface area contributed by atoms with E-state index in [4.69, 9.17) is 19.1 Å². The highest BCUT2D eigenvalue weighted by atomic mass is 19.4. The van der Waals surface area contributed by atoms with Crippen molar-refractivity contribution in [3.63, 3.8) is 0 Å². The van der Waals surface area contributed by atoms with Crippen molar-refractivity contribution in [1.29, 1.82) is 0 Å². The zero-order valence-electron chi connectivity index (χ0n) is 17.6. The lowest BCUT2D eigenvalue weighted by molar-refractivity contribution is -0.192. The van der Waals surface area contributed by atoms with Crippen molar-refractivity contribution in [2.24, 2.45) is 0 Å². The molecule has 180 valence electrons. The smallest absolute Gasteiger partial charge is 0.475 e. The van der Waals surface area contributed by atoms with Crippen LogP contribution in [0.2, 0.25) is 0 Å². The molecule has 2 fully saturated rings. The molecule has 0 unspecified atom stereocenters. The molecule has 4 heterocycles. The standard InChI is InChI=1S/C18H21FN4O3.C2HF3O2/c1-13-15(2-8-25-13)16(24)22-5-3-18(4-6-22)12-23(7-9-26-18)17-20-10-14(19)11-21-17;3-2(4,5)1(6)7/h2,8,10-11H,3-7,9,12H2,1H3;(H,6,7). The summed E-state index contributed by atoms with van der Waals surface area (Å²) in [5.41, 5.74) is 0.296. The maximum absolute atomic E-state index is 13.1. The van der Waals surface area contributed by atoms with Gasteiger partial charge in [-0.05, 0) is 25.8 Å². The van der Waals surface area contributed by atoms with E-state index >= 15 is 0 Å². The number of alkyl halides is 3. The summed E-state index contributed by atoms with van der Waals surface area (Å²) in [6, 6.07) is 1.72. The van der Waals surface area contributed by atoms with Gasteiger partial charge in [-0.15, -0.1) is 0 Å². The van der Waals surface area contributed by atoms with Crippen LogP contribution < -0.4 is 4.90 Å². The Balaban J connectivity index is 0.000000383. The highest BCUT2D eigenvalue weighted by Gasteiger charge is 2.41. The zero-order valence-corrected chi connectivity index (χ0v) is 17.6. The summed E-state index contributed by atoms with van der Waals surface area (Å²) >= 11 is 0. The molecule has 1 N–H and O–H groups in total. The number of amides is 1. The second-order valence-electron chi connectivity index (χ2n) is 7.64. The SMILES string of the molecule is Cc1occc1C(=O)N1CCC2(CC1)CN(c1ncc(F)cn1)CCO2.O=C(O)C(F)(F)F. The van der Waals surface area contributed by atoms with Crippen LogP contribution >= 0.6 is 0 Å². The predicted molar refractivity (Wildman–Crippen MR) is 105 cm³/mol. The summed E-state index contributed by atoms with van der Waals surface area (Å²) in [7, 11) is 0. The molecule has 33 heavy (non-hydrogen) atoms. The van der Waals surface area contributed by atoms with Crippen molar-refractivity contribution in [3.8, 4) is 0 Å². The molecule has 0 atom stereocenters. The summed E-state index contributed by atoms with van der Waals surface area (Å²) in [6.07, 6.45) is 0.303. The number of morpholine rings is 1. The second-order valence-corrected chi connectivity index (χ2v) is 7.64. The maximum atomic E-state index is 13.1. The number of hydrogen-bond donors (Lipinski definition) is 1. The fraction of sp³-hybridized carbons (Fsp3) is 0.500. The first-order valence-corrected chi connectivity index (χ1v) is 10.0. The highest BCUT2D eigenvalue weighted by Crippen LogP contribution is 2.32. The number of carbonyl (C=O) groups is 2. The van der Waals surface area contributed by atoms with Crippen LogP contribution in [0.15, 0.2) is 29.1 Å². The number of furan rings is 1. The number of rotatable bonds is 2. The number of halogens is 4. The molecule has 0 bridgehead atoms. The van der Waals surface area contributed by atoms with Gasteiger partial charge >= 0.3 is 12.1 Å². The number of aryl methyl sites for hydroxylation is 1. The predicted octanol–water partition coefficient (Wildman–Crippen LogP) is 2.66. The van der Waals surface area contributed by atoms with Gasteiger partial charge in [0.15, 0.2) is 5.82 Å². The van der Waals surface area contributed by atoms with Crippen LogP contribution in [0.5, 0.6) is 0 Å². The van der Waals surface area contributed by atoms with Gasteiger partial charge in [0.2, 0.25) is 5.95 Å². The minimum atomic E-state index is -5.08. The molecule has 2 aromatic heterocycles. The monoisotopic (exact) mass is 474 g/mol. The third-order valence-corrected chi connectivity index (χ3v) is 5.43. The van der Waals surface area contributed by atoms with Crippen molar-refractivity contribution in [2.45, 2.75) is 31.5 Å². The van der Waals surface area contributed by atoms with Gasteiger partial charge in [0.05, 0.1) is 43.0 Å².